The van der Waals surface area contributed by atoms with Gasteiger partial charge in [0.15, 0.2) is 0 Å². The Balaban J connectivity index is 1.40. The summed E-state index contributed by atoms with van der Waals surface area (Å²) in [7, 11) is 0. The number of fused-ring (bicyclic) bond motifs is 2. The molecule has 0 fully saturated rings. The highest BCUT2D eigenvalue weighted by molar-refractivity contribution is 9.10. The van der Waals surface area contributed by atoms with Crippen LogP contribution in [0.15, 0.2) is 102 Å². The van der Waals surface area contributed by atoms with Gasteiger partial charge in [-0.2, -0.15) is 0 Å². The standard InChI is InChI=1S/C27H16BrNO/c28-22-11-8-18(9-12-22)17-4-6-19(7-5-17)21-10-13-23-25(16-21)30-24-3-1-2-20-14-15-29-27(23)26(20)24/h1-16H. The molecule has 1 aromatic heterocycles. The second-order valence-electron chi connectivity index (χ2n) is 7.41. The topological polar surface area (TPSA) is 22.1 Å². The van der Waals surface area contributed by atoms with Crippen LogP contribution in [0.25, 0.3) is 44.3 Å². The van der Waals surface area contributed by atoms with E-state index in [1.807, 2.05) is 24.4 Å². The Morgan fingerprint density at radius 1 is 0.633 bits per heavy atom. The van der Waals surface area contributed by atoms with Crippen LogP contribution in [0.5, 0.6) is 11.5 Å². The molecule has 4 aromatic carbocycles. The summed E-state index contributed by atoms with van der Waals surface area (Å²) in [6.45, 7) is 0. The van der Waals surface area contributed by atoms with Crippen LogP contribution in [0.2, 0.25) is 0 Å². The van der Waals surface area contributed by atoms with Gasteiger partial charge in [-0.15, -0.1) is 0 Å². The van der Waals surface area contributed by atoms with Crippen molar-refractivity contribution >= 4 is 26.7 Å². The fourth-order valence-electron chi connectivity index (χ4n) is 4.08. The first-order chi connectivity index (χ1) is 14.8. The van der Waals surface area contributed by atoms with Crippen LogP contribution in [0.3, 0.4) is 0 Å². The van der Waals surface area contributed by atoms with Gasteiger partial charge < -0.3 is 4.74 Å². The number of aromatic nitrogens is 1. The average molecular weight is 450 g/mol. The van der Waals surface area contributed by atoms with E-state index in [1.54, 1.807) is 0 Å². The number of pyridine rings is 1. The zero-order valence-corrected chi connectivity index (χ0v) is 17.6. The van der Waals surface area contributed by atoms with Crippen molar-refractivity contribution in [3.63, 3.8) is 0 Å². The molecule has 2 nitrogen and oxygen atoms in total. The summed E-state index contributed by atoms with van der Waals surface area (Å²) in [4.78, 5) is 4.65. The van der Waals surface area contributed by atoms with Crippen LogP contribution in [-0.4, -0.2) is 4.98 Å². The summed E-state index contributed by atoms with van der Waals surface area (Å²) in [5.74, 6) is 1.72. The molecule has 2 heterocycles. The number of benzene rings is 4. The van der Waals surface area contributed by atoms with Gasteiger partial charge in [-0.25, -0.2) is 0 Å². The molecule has 1 aliphatic heterocycles. The van der Waals surface area contributed by atoms with Crippen molar-refractivity contribution in [2.45, 2.75) is 0 Å². The molecule has 0 saturated carbocycles. The molecule has 0 unspecified atom stereocenters. The first-order valence-corrected chi connectivity index (χ1v) is 10.6. The summed E-state index contributed by atoms with van der Waals surface area (Å²) >= 11 is 3.49. The number of hydrogen-bond acceptors (Lipinski definition) is 2. The van der Waals surface area contributed by atoms with Crippen molar-refractivity contribution < 1.29 is 4.74 Å². The van der Waals surface area contributed by atoms with Gasteiger partial charge in [0.05, 0.1) is 11.1 Å². The molecule has 0 atom stereocenters. The van der Waals surface area contributed by atoms with Crippen molar-refractivity contribution in [1.29, 1.82) is 0 Å². The number of hydrogen-bond donors (Lipinski definition) is 0. The van der Waals surface area contributed by atoms with Crippen molar-refractivity contribution in [2.75, 3.05) is 0 Å². The van der Waals surface area contributed by atoms with Crippen LogP contribution in [0.4, 0.5) is 0 Å². The van der Waals surface area contributed by atoms with Crippen LogP contribution in [0, 0.1) is 0 Å². The van der Waals surface area contributed by atoms with E-state index in [2.05, 4.69) is 93.7 Å². The van der Waals surface area contributed by atoms with Crippen LogP contribution >= 0.6 is 15.9 Å². The predicted molar refractivity (Wildman–Crippen MR) is 126 cm³/mol. The molecule has 1 aliphatic rings. The summed E-state index contributed by atoms with van der Waals surface area (Å²) in [6.07, 6.45) is 1.87. The molecule has 5 aromatic rings. The van der Waals surface area contributed by atoms with Gasteiger partial charge in [0.1, 0.15) is 11.5 Å². The monoisotopic (exact) mass is 449 g/mol. The molecule has 6 rings (SSSR count). The first kappa shape index (κ1) is 17.4. The minimum atomic E-state index is 0.850. The minimum Gasteiger partial charge on any atom is -0.456 e. The molecule has 0 radical (unpaired) electrons. The third kappa shape index (κ3) is 2.82. The molecule has 30 heavy (non-hydrogen) atoms. The summed E-state index contributed by atoms with van der Waals surface area (Å²) in [6, 6.07) is 31.6. The molecule has 0 spiro atoms. The zero-order chi connectivity index (χ0) is 20.1. The van der Waals surface area contributed by atoms with E-state index in [1.165, 1.54) is 11.1 Å². The Labute approximate surface area is 182 Å². The number of nitrogens with zero attached hydrogens (tertiary/aromatic N) is 1. The van der Waals surface area contributed by atoms with E-state index >= 15 is 0 Å². The maximum atomic E-state index is 6.27. The van der Waals surface area contributed by atoms with E-state index in [9.17, 15) is 0 Å². The Bertz CT molecular complexity index is 1400. The lowest BCUT2D eigenvalue weighted by Gasteiger charge is -2.21. The highest BCUT2D eigenvalue weighted by Gasteiger charge is 2.21. The molecule has 0 amide bonds. The van der Waals surface area contributed by atoms with E-state index in [0.29, 0.717) is 0 Å². The minimum absolute atomic E-state index is 0.850. The van der Waals surface area contributed by atoms with Gasteiger partial charge in [0, 0.05) is 16.2 Å². The summed E-state index contributed by atoms with van der Waals surface area (Å²) in [5.41, 5.74) is 6.71. The number of ether oxygens (including phenoxy) is 1. The maximum Gasteiger partial charge on any atom is 0.137 e. The van der Waals surface area contributed by atoms with Crippen LogP contribution in [-0.2, 0) is 0 Å². The summed E-state index contributed by atoms with van der Waals surface area (Å²) < 4.78 is 7.36. The van der Waals surface area contributed by atoms with Gasteiger partial charge in [-0.05, 0) is 64.0 Å². The van der Waals surface area contributed by atoms with Gasteiger partial charge in [-0.3, -0.25) is 4.98 Å². The third-order valence-corrected chi connectivity index (χ3v) is 6.13. The largest absolute Gasteiger partial charge is 0.456 e. The maximum absolute atomic E-state index is 6.27. The van der Waals surface area contributed by atoms with Crippen LogP contribution < -0.4 is 4.74 Å². The predicted octanol–water partition coefficient (Wildman–Crippen LogP) is 8.10. The normalized spacial score (nSPS) is 11.8. The van der Waals surface area contributed by atoms with E-state index in [0.717, 1.165) is 49.1 Å². The highest BCUT2D eigenvalue weighted by Crippen LogP contribution is 2.46. The number of halogens is 1. The Kier molecular flexibility index (Phi) is 3.96. The fraction of sp³-hybridized carbons (Fsp3) is 0. The fourth-order valence-corrected chi connectivity index (χ4v) is 4.35. The molecule has 0 aliphatic carbocycles. The molecule has 142 valence electrons. The second-order valence-corrected chi connectivity index (χ2v) is 8.33. The van der Waals surface area contributed by atoms with Crippen molar-refractivity contribution in [3.05, 3.63) is 102 Å². The molecule has 0 N–H and O–H groups in total. The van der Waals surface area contributed by atoms with Crippen LogP contribution in [0.1, 0.15) is 0 Å². The summed E-state index contributed by atoms with van der Waals surface area (Å²) in [5, 5.41) is 2.23. The van der Waals surface area contributed by atoms with E-state index < -0.39 is 0 Å². The SMILES string of the molecule is Brc1ccc(-c2ccc(-c3ccc4c(c3)Oc3cccc5ccnc-4c35)cc2)cc1. The number of rotatable bonds is 2. The molecular weight excluding hydrogens is 434 g/mol. The third-order valence-electron chi connectivity index (χ3n) is 5.61. The lowest BCUT2D eigenvalue weighted by Crippen LogP contribution is -1.99. The van der Waals surface area contributed by atoms with Crippen molar-refractivity contribution in [2.24, 2.45) is 0 Å². The quantitative estimate of drug-likeness (QED) is 0.266. The first-order valence-electron chi connectivity index (χ1n) is 9.83. The van der Waals surface area contributed by atoms with Crippen molar-refractivity contribution in [1.82, 2.24) is 4.98 Å². The van der Waals surface area contributed by atoms with Gasteiger partial charge in [0.2, 0.25) is 0 Å². The molecule has 0 saturated heterocycles. The Morgan fingerprint density at radius 3 is 2.07 bits per heavy atom. The van der Waals surface area contributed by atoms with Gasteiger partial charge in [-0.1, -0.05) is 70.5 Å². The highest BCUT2D eigenvalue weighted by atomic mass is 79.9. The lowest BCUT2D eigenvalue weighted by atomic mass is 9.96. The molecule has 3 heteroatoms. The van der Waals surface area contributed by atoms with E-state index in [4.69, 9.17) is 4.74 Å². The molecular formula is C27H16BrNO. The lowest BCUT2D eigenvalue weighted by molar-refractivity contribution is 0.486. The second kappa shape index (κ2) is 6.82. The van der Waals surface area contributed by atoms with Crippen molar-refractivity contribution in [3.8, 4) is 45.0 Å². The Hall–Kier alpha value is -3.43. The average Bonchev–Trinajstić information content (AvgIpc) is 2.80. The zero-order valence-electron chi connectivity index (χ0n) is 16.0. The smallest absolute Gasteiger partial charge is 0.137 e. The van der Waals surface area contributed by atoms with E-state index in [-0.39, 0.29) is 0 Å². The Morgan fingerprint density at radius 2 is 1.30 bits per heavy atom. The van der Waals surface area contributed by atoms with Gasteiger partial charge in [0.25, 0.3) is 0 Å². The molecule has 0 bridgehead atoms. The van der Waals surface area contributed by atoms with Gasteiger partial charge >= 0.3 is 0 Å².